The van der Waals surface area contributed by atoms with Gasteiger partial charge in [0.1, 0.15) is 0 Å². The number of carbonyl (C=O) groups is 1. The number of amides is 1. The van der Waals surface area contributed by atoms with E-state index in [2.05, 4.69) is 6.92 Å². The van der Waals surface area contributed by atoms with Crippen molar-refractivity contribution in [1.82, 2.24) is 4.90 Å². The summed E-state index contributed by atoms with van der Waals surface area (Å²) in [7, 11) is 0. The Labute approximate surface area is 86.6 Å². The van der Waals surface area contributed by atoms with Crippen LogP contribution in [0.15, 0.2) is 0 Å². The largest absolute Gasteiger partial charge is 0.340 e. The van der Waals surface area contributed by atoms with Crippen LogP contribution in [0.4, 0.5) is 0 Å². The fraction of sp³-hybridized carbons (Fsp3) is 0.909. The number of rotatable bonds is 6. The van der Waals surface area contributed by atoms with Crippen molar-refractivity contribution in [3.8, 4) is 0 Å². The van der Waals surface area contributed by atoms with Crippen molar-refractivity contribution in [2.75, 3.05) is 6.54 Å². The van der Waals surface area contributed by atoms with Crippen LogP contribution in [0.25, 0.3) is 0 Å². The first-order valence-electron chi connectivity index (χ1n) is 5.70. The Bertz CT molecular complexity index is 188. The van der Waals surface area contributed by atoms with Crippen molar-refractivity contribution in [2.24, 2.45) is 5.73 Å². The third-order valence-corrected chi connectivity index (χ3v) is 2.70. The van der Waals surface area contributed by atoms with Gasteiger partial charge in [0.05, 0.1) is 0 Å². The summed E-state index contributed by atoms with van der Waals surface area (Å²) in [4.78, 5) is 13.7. The number of hydrogen-bond donors (Lipinski definition) is 1. The highest BCUT2D eigenvalue weighted by Crippen LogP contribution is 2.27. The second-order valence-electron chi connectivity index (χ2n) is 4.28. The quantitative estimate of drug-likeness (QED) is 0.703. The first-order chi connectivity index (χ1) is 6.65. The summed E-state index contributed by atoms with van der Waals surface area (Å²) in [6, 6.07) is 0.779. The van der Waals surface area contributed by atoms with E-state index in [4.69, 9.17) is 5.73 Å². The molecule has 0 aromatic heterocycles. The fourth-order valence-electron chi connectivity index (χ4n) is 1.74. The van der Waals surface area contributed by atoms with Crippen LogP contribution in [0.3, 0.4) is 0 Å². The maximum absolute atomic E-state index is 11.7. The summed E-state index contributed by atoms with van der Waals surface area (Å²) in [5, 5.41) is 0. The van der Waals surface area contributed by atoms with Crippen molar-refractivity contribution >= 4 is 5.91 Å². The number of nitrogens with two attached hydrogens (primary N) is 1. The van der Waals surface area contributed by atoms with Crippen molar-refractivity contribution in [2.45, 2.75) is 58.0 Å². The van der Waals surface area contributed by atoms with Gasteiger partial charge in [-0.05, 0) is 39.5 Å². The van der Waals surface area contributed by atoms with E-state index >= 15 is 0 Å². The molecule has 3 heteroatoms. The van der Waals surface area contributed by atoms with Crippen LogP contribution in [0, 0.1) is 0 Å². The Morgan fingerprint density at radius 1 is 1.57 bits per heavy atom. The summed E-state index contributed by atoms with van der Waals surface area (Å²) in [6.07, 6.45) is 4.96. The van der Waals surface area contributed by atoms with E-state index in [9.17, 15) is 4.79 Å². The average Bonchev–Trinajstić information content (AvgIpc) is 2.89. The van der Waals surface area contributed by atoms with Gasteiger partial charge in [0, 0.05) is 25.0 Å². The predicted octanol–water partition coefficient (Wildman–Crippen LogP) is 1.51. The maximum atomic E-state index is 11.7. The van der Waals surface area contributed by atoms with Gasteiger partial charge in [-0.2, -0.15) is 0 Å². The van der Waals surface area contributed by atoms with Crippen LogP contribution < -0.4 is 5.73 Å². The molecule has 1 atom stereocenters. The van der Waals surface area contributed by atoms with Gasteiger partial charge in [-0.25, -0.2) is 0 Å². The number of nitrogens with zero attached hydrogens (tertiary/aromatic N) is 1. The number of hydrogen-bond acceptors (Lipinski definition) is 2. The van der Waals surface area contributed by atoms with E-state index in [1.807, 2.05) is 11.8 Å². The molecule has 0 saturated heterocycles. The van der Waals surface area contributed by atoms with Gasteiger partial charge in [-0.1, -0.05) is 0 Å². The molecule has 0 radical (unpaired) electrons. The summed E-state index contributed by atoms with van der Waals surface area (Å²) >= 11 is 0. The molecule has 3 nitrogen and oxygen atoms in total. The van der Waals surface area contributed by atoms with Crippen LogP contribution in [0.1, 0.15) is 46.0 Å². The normalized spacial score (nSPS) is 17.9. The Morgan fingerprint density at radius 2 is 2.21 bits per heavy atom. The molecule has 0 aliphatic heterocycles. The van der Waals surface area contributed by atoms with Crippen LogP contribution in [-0.2, 0) is 4.79 Å². The summed E-state index contributed by atoms with van der Waals surface area (Å²) in [6.45, 7) is 4.91. The molecule has 1 saturated carbocycles. The lowest BCUT2D eigenvalue weighted by Crippen LogP contribution is -2.32. The third kappa shape index (κ3) is 3.66. The molecule has 1 aliphatic carbocycles. The molecule has 0 bridgehead atoms. The number of carbonyl (C=O) groups excluding carboxylic acids is 1. The molecule has 0 aromatic rings. The minimum absolute atomic E-state index is 0.221. The second kappa shape index (κ2) is 5.35. The fourth-order valence-corrected chi connectivity index (χ4v) is 1.74. The highest BCUT2D eigenvalue weighted by Gasteiger charge is 2.30. The smallest absolute Gasteiger partial charge is 0.222 e. The van der Waals surface area contributed by atoms with E-state index in [1.54, 1.807) is 0 Å². The summed E-state index contributed by atoms with van der Waals surface area (Å²) in [5.41, 5.74) is 5.63. The molecule has 82 valence electrons. The standard InChI is InChI=1S/C11H22N2O/c1-3-13(10-7-8-10)11(14)6-4-5-9(2)12/h9-10H,3-8,12H2,1-2H3. The van der Waals surface area contributed by atoms with Gasteiger partial charge in [0.15, 0.2) is 0 Å². The molecule has 1 aliphatic rings. The molecule has 2 N–H and O–H groups in total. The van der Waals surface area contributed by atoms with E-state index in [1.165, 1.54) is 12.8 Å². The minimum atomic E-state index is 0.221. The Balaban J connectivity index is 2.18. The zero-order valence-corrected chi connectivity index (χ0v) is 9.33. The molecule has 0 heterocycles. The van der Waals surface area contributed by atoms with Gasteiger partial charge in [0.2, 0.25) is 5.91 Å². The van der Waals surface area contributed by atoms with E-state index in [-0.39, 0.29) is 6.04 Å². The molecular formula is C11H22N2O. The minimum Gasteiger partial charge on any atom is -0.340 e. The van der Waals surface area contributed by atoms with Gasteiger partial charge in [-0.15, -0.1) is 0 Å². The van der Waals surface area contributed by atoms with Gasteiger partial charge in [-0.3, -0.25) is 4.79 Å². The van der Waals surface area contributed by atoms with E-state index < -0.39 is 0 Å². The van der Waals surface area contributed by atoms with Crippen LogP contribution in [0.2, 0.25) is 0 Å². The van der Waals surface area contributed by atoms with Crippen molar-refractivity contribution in [3.63, 3.8) is 0 Å². The zero-order valence-electron chi connectivity index (χ0n) is 9.33. The summed E-state index contributed by atoms with van der Waals surface area (Å²) < 4.78 is 0. The topological polar surface area (TPSA) is 46.3 Å². The van der Waals surface area contributed by atoms with Gasteiger partial charge in [0.25, 0.3) is 0 Å². The second-order valence-corrected chi connectivity index (χ2v) is 4.28. The molecule has 1 fully saturated rings. The molecule has 0 spiro atoms. The monoisotopic (exact) mass is 198 g/mol. The Kier molecular flexibility index (Phi) is 4.39. The van der Waals surface area contributed by atoms with Crippen molar-refractivity contribution < 1.29 is 4.79 Å². The maximum Gasteiger partial charge on any atom is 0.222 e. The van der Waals surface area contributed by atoms with Crippen LogP contribution in [-0.4, -0.2) is 29.4 Å². The highest BCUT2D eigenvalue weighted by molar-refractivity contribution is 5.76. The Morgan fingerprint density at radius 3 is 2.64 bits per heavy atom. The van der Waals surface area contributed by atoms with Gasteiger partial charge < -0.3 is 10.6 Å². The molecular weight excluding hydrogens is 176 g/mol. The van der Waals surface area contributed by atoms with E-state index in [0.717, 1.165) is 19.4 Å². The van der Waals surface area contributed by atoms with Crippen molar-refractivity contribution in [3.05, 3.63) is 0 Å². The molecule has 1 amide bonds. The van der Waals surface area contributed by atoms with Gasteiger partial charge >= 0.3 is 0 Å². The third-order valence-electron chi connectivity index (χ3n) is 2.70. The first kappa shape index (κ1) is 11.5. The molecule has 1 rings (SSSR count). The Hall–Kier alpha value is -0.570. The van der Waals surface area contributed by atoms with Crippen molar-refractivity contribution in [1.29, 1.82) is 0 Å². The van der Waals surface area contributed by atoms with Crippen LogP contribution >= 0.6 is 0 Å². The molecule has 14 heavy (non-hydrogen) atoms. The lowest BCUT2D eigenvalue weighted by molar-refractivity contribution is -0.131. The highest BCUT2D eigenvalue weighted by atomic mass is 16.2. The summed E-state index contributed by atoms with van der Waals surface area (Å²) in [5.74, 6) is 0.315. The first-order valence-corrected chi connectivity index (χ1v) is 5.70. The lowest BCUT2D eigenvalue weighted by Gasteiger charge is -2.20. The predicted molar refractivity (Wildman–Crippen MR) is 57.9 cm³/mol. The average molecular weight is 198 g/mol. The molecule has 1 unspecified atom stereocenters. The molecule has 0 aromatic carbocycles. The zero-order chi connectivity index (χ0) is 10.6. The SMILES string of the molecule is CCN(C(=O)CCCC(C)N)C1CC1. The van der Waals surface area contributed by atoms with E-state index in [0.29, 0.717) is 18.4 Å². The van der Waals surface area contributed by atoms with Crippen LogP contribution in [0.5, 0.6) is 0 Å². The lowest BCUT2D eigenvalue weighted by atomic mass is 10.1.